The number of nitrogens with one attached hydrogen (secondary N) is 1. The fraction of sp³-hybridized carbons (Fsp3) is 0.500. The van der Waals surface area contributed by atoms with E-state index in [1.165, 1.54) is 5.56 Å². The molecule has 0 saturated heterocycles. The predicted octanol–water partition coefficient (Wildman–Crippen LogP) is 3.99. The molecule has 1 aromatic carbocycles. The van der Waals surface area contributed by atoms with Crippen LogP contribution in [0.15, 0.2) is 28.7 Å². The van der Waals surface area contributed by atoms with Gasteiger partial charge in [0, 0.05) is 16.3 Å². The number of benzene rings is 1. The monoisotopic (exact) mass is 329 g/mol. The SMILES string of the molecule is CCC[C@H](C)NC(=O)CSCc1ccccc1Br. The van der Waals surface area contributed by atoms with Crippen molar-refractivity contribution in [3.8, 4) is 0 Å². The maximum Gasteiger partial charge on any atom is 0.230 e. The van der Waals surface area contributed by atoms with Gasteiger partial charge in [-0.05, 0) is 25.0 Å². The minimum Gasteiger partial charge on any atom is -0.353 e. The van der Waals surface area contributed by atoms with Gasteiger partial charge in [0.2, 0.25) is 5.91 Å². The van der Waals surface area contributed by atoms with Crippen LogP contribution in [-0.4, -0.2) is 17.7 Å². The molecule has 1 rings (SSSR count). The Balaban J connectivity index is 2.25. The first-order valence-corrected chi connectivity index (χ1v) is 8.18. The zero-order valence-corrected chi connectivity index (χ0v) is 13.3. The summed E-state index contributed by atoms with van der Waals surface area (Å²) >= 11 is 5.16. The van der Waals surface area contributed by atoms with Crippen molar-refractivity contribution in [1.82, 2.24) is 5.32 Å². The van der Waals surface area contributed by atoms with Gasteiger partial charge in [-0.1, -0.05) is 47.5 Å². The second-order valence-corrected chi connectivity index (χ2v) is 6.18. The molecule has 0 unspecified atom stereocenters. The lowest BCUT2D eigenvalue weighted by Gasteiger charge is -2.12. The van der Waals surface area contributed by atoms with E-state index in [-0.39, 0.29) is 11.9 Å². The molecule has 0 aliphatic rings. The molecular weight excluding hydrogens is 310 g/mol. The van der Waals surface area contributed by atoms with Crippen LogP contribution in [0.3, 0.4) is 0 Å². The molecule has 1 atom stereocenters. The Labute approximate surface area is 122 Å². The van der Waals surface area contributed by atoms with E-state index in [0.29, 0.717) is 5.75 Å². The molecule has 18 heavy (non-hydrogen) atoms. The second kappa shape index (κ2) is 8.59. The van der Waals surface area contributed by atoms with Gasteiger partial charge in [0.15, 0.2) is 0 Å². The van der Waals surface area contributed by atoms with Gasteiger partial charge in [-0.2, -0.15) is 0 Å². The van der Waals surface area contributed by atoms with Crippen molar-refractivity contribution in [3.63, 3.8) is 0 Å². The summed E-state index contributed by atoms with van der Waals surface area (Å²) in [6, 6.07) is 8.40. The van der Waals surface area contributed by atoms with Crippen molar-refractivity contribution < 1.29 is 4.79 Å². The number of rotatable bonds is 7. The van der Waals surface area contributed by atoms with Gasteiger partial charge >= 0.3 is 0 Å². The molecule has 4 heteroatoms. The fourth-order valence-corrected chi connectivity index (χ4v) is 3.14. The van der Waals surface area contributed by atoms with Gasteiger partial charge in [0.25, 0.3) is 0 Å². The van der Waals surface area contributed by atoms with Crippen LogP contribution >= 0.6 is 27.7 Å². The Morgan fingerprint density at radius 2 is 2.17 bits per heavy atom. The van der Waals surface area contributed by atoms with E-state index < -0.39 is 0 Å². The quantitative estimate of drug-likeness (QED) is 0.819. The minimum atomic E-state index is 0.132. The third-order valence-electron chi connectivity index (χ3n) is 2.58. The molecular formula is C14H20BrNOS. The van der Waals surface area contributed by atoms with Gasteiger partial charge in [-0.25, -0.2) is 0 Å². The molecule has 0 saturated carbocycles. The summed E-state index contributed by atoms with van der Waals surface area (Å²) in [6.07, 6.45) is 2.15. The summed E-state index contributed by atoms with van der Waals surface area (Å²) in [4.78, 5) is 11.7. The Bertz CT molecular complexity index is 384. The minimum absolute atomic E-state index is 0.132. The molecule has 1 N–H and O–H groups in total. The standard InChI is InChI=1S/C14H20BrNOS/c1-3-6-11(2)16-14(17)10-18-9-12-7-4-5-8-13(12)15/h4-5,7-8,11H,3,6,9-10H2,1-2H3,(H,16,17)/t11-/m0/s1. The number of halogens is 1. The summed E-state index contributed by atoms with van der Waals surface area (Å²) in [5.74, 6) is 1.51. The Hall–Kier alpha value is -0.480. The number of amides is 1. The highest BCUT2D eigenvalue weighted by Gasteiger charge is 2.07. The lowest BCUT2D eigenvalue weighted by atomic mass is 10.2. The average molecular weight is 330 g/mol. The van der Waals surface area contributed by atoms with Crippen LogP contribution in [0.1, 0.15) is 32.3 Å². The summed E-state index contributed by atoms with van der Waals surface area (Å²) in [7, 11) is 0. The first kappa shape index (κ1) is 15.6. The van der Waals surface area contributed by atoms with Gasteiger partial charge in [-0.3, -0.25) is 4.79 Å². The second-order valence-electron chi connectivity index (χ2n) is 4.34. The van der Waals surface area contributed by atoms with Crippen molar-refractivity contribution in [2.24, 2.45) is 0 Å². The maximum atomic E-state index is 11.7. The lowest BCUT2D eigenvalue weighted by Crippen LogP contribution is -2.33. The van der Waals surface area contributed by atoms with Gasteiger partial charge in [-0.15, -0.1) is 11.8 Å². The Morgan fingerprint density at radius 1 is 1.44 bits per heavy atom. The largest absolute Gasteiger partial charge is 0.353 e. The average Bonchev–Trinajstić information content (AvgIpc) is 2.31. The van der Waals surface area contributed by atoms with E-state index in [0.717, 1.165) is 23.1 Å². The number of carbonyl (C=O) groups is 1. The summed E-state index contributed by atoms with van der Waals surface area (Å²) in [5, 5.41) is 3.01. The Morgan fingerprint density at radius 3 is 2.83 bits per heavy atom. The van der Waals surface area contributed by atoms with E-state index in [1.807, 2.05) is 18.2 Å². The molecule has 0 heterocycles. The van der Waals surface area contributed by atoms with Gasteiger partial charge < -0.3 is 5.32 Å². The van der Waals surface area contributed by atoms with Crippen LogP contribution < -0.4 is 5.32 Å². The number of hydrogen-bond acceptors (Lipinski definition) is 2. The molecule has 0 fully saturated rings. The highest BCUT2D eigenvalue weighted by Crippen LogP contribution is 2.21. The third-order valence-corrected chi connectivity index (χ3v) is 4.33. The van der Waals surface area contributed by atoms with Crippen molar-refractivity contribution in [2.75, 3.05) is 5.75 Å². The summed E-state index contributed by atoms with van der Waals surface area (Å²) in [6.45, 7) is 4.18. The van der Waals surface area contributed by atoms with Crippen LogP contribution in [0, 0.1) is 0 Å². The Kier molecular flexibility index (Phi) is 7.44. The molecule has 0 bridgehead atoms. The molecule has 1 amide bonds. The van der Waals surface area contributed by atoms with Crippen LogP contribution in [0.25, 0.3) is 0 Å². The number of hydrogen-bond donors (Lipinski definition) is 1. The predicted molar refractivity (Wildman–Crippen MR) is 82.8 cm³/mol. The van der Waals surface area contributed by atoms with Crippen molar-refractivity contribution in [1.29, 1.82) is 0 Å². The zero-order chi connectivity index (χ0) is 13.4. The molecule has 0 aliphatic heterocycles. The normalized spacial score (nSPS) is 12.2. The lowest BCUT2D eigenvalue weighted by molar-refractivity contribution is -0.119. The van der Waals surface area contributed by atoms with E-state index in [9.17, 15) is 4.79 Å². The maximum absolute atomic E-state index is 11.7. The molecule has 2 nitrogen and oxygen atoms in total. The van der Waals surface area contributed by atoms with E-state index in [4.69, 9.17) is 0 Å². The third kappa shape index (κ3) is 5.91. The summed E-state index contributed by atoms with van der Waals surface area (Å²) < 4.78 is 1.11. The fourth-order valence-electron chi connectivity index (χ4n) is 1.69. The smallest absolute Gasteiger partial charge is 0.230 e. The molecule has 0 spiro atoms. The highest BCUT2D eigenvalue weighted by molar-refractivity contribution is 9.10. The molecule has 0 aromatic heterocycles. The molecule has 0 aliphatic carbocycles. The molecule has 1 aromatic rings. The van der Waals surface area contributed by atoms with Crippen LogP contribution in [0.5, 0.6) is 0 Å². The zero-order valence-electron chi connectivity index (χ0n) is 10.9. The summed E-state index contributed by atoms with van der Waals surface area (Å²) in [5.41, 5.74) is 1.23. The van der Waals surface area contributed by atoms with E-state index >= 15 is 0 Å². The van der Waals surface area contributed by atoms with E-state index in [1.54, 1.807) is 11.8 Å². The number of thioether (sulfide) groups is 1. The van der Waals surface area contributed by atoms with Gasteiger partial charge in [0.05, 0.1) is 5.75 Å². The van der Waals surface area contributed by atoms with Crippen molar-refractivity contribution >= 4 is 33.6 Å². The highest BCUT2D eigenvalue weighted by atomic mass is 79.9. The number of carbonyl (C=O) groups excluding carboxylic acids is 1. The van der Waals surface area contributed by atoms with Crippen LogP contribution in [0.4, 0.5) is 0 Å². The molecule has 100 valence electrons. The van der Waals surface area contributed by atoms with Crippen LogP contribution in [-0.2, 0) is 10.5 Å². The first-order chi connectivity index (χ1) is 8.63. The van der Waals surface area contributed by atoms with E-state index in [2.05, 4.69) is 41.2 Å². The van der Waals surface area contributed by atoms with Crippen LogP contribution in [0.2, 0.25) is 0 Å². The van der Waals surface area contributed by atoms with Crippen molar-refractivity contribution in [2.45, 2.75) is 38.5 Å². The van der Waals surface area contributed by atoms with Crippen molar-refractivity contribution in [3.05, 3.63) is 34.3 Å². The molecule has 0 radical (unpaired) electrons. The topological polar surface area (TPSA) is 29.1 Å². The first-order valence-electron chi connectivity index (χ1n) is 6.24. The van der Waals surface area contributed by atoms with Gasteiger partial charge in [0.1, 0.15) is 0 Å².